The summed E-state index contributed by atoms with van der Waals surface area (Å²) in [6.45, 7) is 1.98. The van der Waals surface area contributed by atoms with E-state index in [9.17, 15) is 35.9 Å². The minimum absolute atomic E-state index is 0.0344. The Balaban J connectivity index is 1.96. The second kappa shape index (κ2) is 7.10. The van der Waals surface area contributed by atoms with Gasteiger partial charge in [-0.1, -0.05) is 0 Å². The highest BCUT2D eigenvalue weighted by atomic mass is 19.4. The number of halogens is 6. The highest BCUT2D eigenvalue weighted by molar-refractivity contribution is 6.03. The van der Waals surface area contributed by atoms with Crippen LogP contribution in [0, 0.1) is 0 Å². The maximum atomic E-state index is 13.2. The van der Waals surface area contributed by atoms with Gasteiger partial charge in [-0.15, -0.1) is 0 Å². The predicted molar refractivity (Wildman–Crippen MR) is 99.5 cm³/mol. The third kappa shape index (κ3) is 3.46. The average molecular weight is 458 g/mol. The van der Waals surface area contributed by atoms with Crippen molar-refractivity contribution in [2.45, 2.75) is 19.3 Å². The van der Waals surface area contributed by atoms with Gasteiger partial charge in [0.25, 0.3) is 5.56 Å². The van der Waals surface area contributed by atoms with Crippen LogP contribution in [-0.2, 0) is 12.4 Å². The number of aromatic amines is 1. The van der Waals surface area contributed by atoms with E-state index in [1.54, 1.807) is 6.92 Å². The summed E-state index contributed by atoms with van der Waals surface area (Å²) >= 11 is 0. The molecule has 0 aliphatic carbocycles. The van der Waals surface area contributed by atoms with Crippen LogP contribution in [0.5, 0.6) is 0 Å². The van der Waals surface area contributed by atoms with E-state index in [4.69, 9.17) is 0 Å². The van der Waals surface area contributed by atoms with Crippen molar-refractivity contribution in [1.82, 2.24) is 29.9 Å². The Kier molecular flexibility index (Phi) is 4.75. The maximum Gasteiger partial charge on any atom is 0.416 e. The van der Waals surface area contributed by atoms with Gasteiger partial charge in [0.1, 0.15) is 0 Å². The minimum atomic E-state index is -5.08. The molecule has 0 atom stereocenters. The fourth-order valence-corrected chi connectivity index (χ4v) is 3.17. The Labute approximate surface area is 173 Å². The SMILES string of the molecule is CCNC(=O)n1ncc2c3[nH]n(-c4cc(C(F)(F)F)cc(C(F)(F)F)c4)c(=O)c3cnc21. The van der Waals surface area contributed by atoms with E-state index in [1.165, 1.54) is 6.20 Å². The molecule has 0 spiro atoms. The number of pyridine rings is 1. The Hall–Kier alpha value is -3.84. The predicted octanol–water partition coefficient (Wildman–Crippen LogP) is 3.68. The first-order valence-corrected chi connectivity index (χ1v) is 8.97. The van der Waals surface area contributed by atoms with Crippen LogP contribution in [0.1, 0.15) is 18.1 Å². The van der Waals surface area contributed by atoms with Gasteiger partial charge in [-0.05, 0) is 25.1 Å². The molecule has 0 saturated carbocycles. The summed E-state index contributed by atoms with van der Waals surface area (Å²) in [6, 6.07) is 0.209. The zero-order valence-corrected chi connectivity index (χ0v) is 16.0. The number of nitrogens with zero attached hydrogens (tertiary/aromatic N) is 4. The molecule has 4 aromatic rings. The molecule has 8 nitrogen and oxygen atoms in total. The Bertz CT molecular complexity index is 1380. The molecule has 0 bridgehead atoms. The van der Waals surface area contributed by atoms with Crippen molar-refractivity contribution in [3.63, 3.8) is 0 Å². The summed E-state index contributed by atoms with van der Waals surface area (Å²) in [4.78, 5) is 28.8. The maximum absolute atomic E-state index is 13.2. The van der Waals surface area contributed by atoms with Crippen molar-refractivity contribution in [1.29, 1.82) is 0 Å². The lowest BCUT2D eigenvalue weighted by atomic mass is 10.1. The van der Waals surface area contributed by atoms with Gasteiger partial charge in [-0.25, -0.2) is 14.5 Å². The number of nitrogens with one attached hydrogen (secondary N) is 2. The van der Waals surface area contributed by atoms with Crippen LogP contribution in [0.2, 0.25) is 0 Å². The van der Waals surface area contributed by atoms with Gasteiger partial charge in [-0.2, -0.15) is 36.1 Å². The molecule has 3 aromatic heterocycles. The largest absolute Gasteiger partial charge is 0.416 e. The molecular weight excluding hydrogens is 446 g/mol. The van der Waals surface area contributed by atoms with Crippen molar-refractivity contribution < 1.29 is 31.1 Å². The molecule has 1 amide bonds. The van der Waals surface area contributed by atoms with Crippen molar-refractivity contribution in [2.24, 2.45) is 0 Å². The lowest BCUT2D eigenvalue weighted by Gasteiger charge is -2.14. The Morgan fingerprint density at radius 1 is 1.03 bits per heavy atom. The number of benzene rings is 1. The lowest BCUT2D eigenvalue weighted by Crippen LogP contribution is -2.29. The first-order chi connectivity index (χ1) is 14.9. The van der Waals surface area contributed by atoms with Gasteiger partial charge in [0, 0.05) is 12.7 Å². The summed E-state index contributed by atoms with van der Waals surface area (Å²) in [6.07, 6.45) is -7.89. The highest BCUT2D eigenvalue weighted by Crippen LogP contribution is 2.37. The number of fused-ring (bicyclic) bond motifs is 3. The monoisotopic (exact) mass is 458 g/mol. The summed E-state index contributed by atoms with van der Waals surface area (Å²) in [5, 5.41) is 8.96. The van der Waals surface area contributed by atoms with Crippen molar-refractivity contribution >= 4 is 28.0 Å². The number of hydrogen-bond donors (Lipinski definition) is 2. The number of carbonyl (C=O) groups excluding carboxylic acids is 1. The summed E-state index contributed by atoms with van der Waals surface area (Å²) in [5.41, 5.74) is -4.65. The van der Waals surface area contributed by atoms with E-state index in [-0.39, 0.29) is 28.0 Å². The molecule has 14 heteroatoms. The molecule has 168 valence electrons. The van der Waals surface area contributed by atoms with Gasteiger partial charge in [0.05, 0.1) is 39.3 Å². The molecule has 2 N–H and O–H groups in total. The number of H-pyrrole nitrogens is 1. The summed E-state index contributed by atoms with van der Waals surface area (Å²) in [7, 11) is 0. The van der Waals surface area contributed by atoms with Crippen LogP contribution in [0.25, 0.3) is 27.6 Å². The number of hydrogen-bond acceptors (Lipinski definition) is 4. The van der Waals surface area contributed by atoms with E-state index in [2.05, 4.69) is 20.5 Å². The topological polar surface area (TPSA) is 97.6 Å². The molecular formula is C18H12F6N6O2. The zero-order chi connectivity index (χ0) is 23.4. The van der Waals surface area contributed by atoms with Crippen molar-refractivity contribution in [3.8, 4) is 5.69 Å². The summed E-state index contributed by atoms with van der Waals surface area (Å²) < 4.78 is 80.6. The van der Waals surface area contributed by atoms with Crippen molar-refractivity contribution in [2.75, 3.05) is 6.54 Å². The highest BCUT2D eigenvalue weighted by Gasteiger charge is 2.37. The fraction of sp³-hybridized carbons (Fsp3) is 0.222. The van der Waals surface area contributed by atoms with E-state index >= 15 is 0 Å². The van der Waals surface area contributed by atoms with Crippen LogP contribution >= 0.6 is 0 Å². The van der Waals surface area contributed by atoms with Gasteiger partial charge >= 0.3 is 18.4 Å². The standard InChI is InChI=1S/C18H12F6N6O2/c1-2-25-16(32)30-14-11(7-27-30)13-12(6-26-14)15(31)29(28-13)10-4-8(17(19,20)21)3-9(5-10)18(22,23)24/h3-7,28H,2H2,1H3,(H,25,32). The molecule has 3 heterocycles. The summed E-state index contributed by atoms with van der Waals surface area (Å²) in [5.74, 6) is 0. The zero-order valence-electron chi connectivity index (χ0n) is 16.0. The van der Waals surface area contributed by atoms with Crippen LogP contribution in [0.15, 0.2) is 35.4 Å². The van der Waals surface area contributed by atoms with E-state index < -0.39 is 40.8 Å². The van der Waals surface area contributed by atoms with Gasteiger partial charge in [0.15, 0.2) is 5.65 Å². The van der Waals surface area contributed by atoms with Crippen LogP contribution in [0.3, 0.4) is 0 Å². The number of aromatic nitrogens is 5. The molecule has 0 saturated heterocycles. The fourth-order valence-electron chi connectivity index (χ4n) is 3.17. The van der Waals surface area contributed by atoms with Crippen LogP contribution in [-0.4, -0.2) is 37.1 Å². The number of rotatable bonds is 2. The second-order valence-electron chi connectivity index (χ2n) is 6.69. The average Bonchev–Trinajstić information content (AvgIpc) is 3.28. The van der Waals surface area contributed by atoms with Crippen molar-refractivity contribution in [3.05, 3.63) is 52.1 Å². The smallest absolute Gasteiger partial charge is 0.336 e. The lowest BCUT2D eigenvalue weighted by molar-refractivity contribution is -0.143. The van der Waals surface area contributed by atoms with Gasteiger partial charge in [-0.3, -0.25) is 9.89 Å². The van der Waals surface area contributed by atoms with Crippen LogP contribution in [0.4, 0.5) is 31.1 Å². The molecule has 0 radical (unpaired) electrons. The molecule has 0 aliphatic heterocycles. The third-order valence-electron chi connectivity index (χ3n) is 4.61. The molecule has 0 unspecified atom stereocenters. The number of alkyl halides is 6. The molecule has 4 rings (SSSR count). The minimum Gasteiger partial charge on any atom is -0.336 e. The molecule has 32 heavy (non-hydrogen) atoms. The molecule has 0 aliphatic rings. The third-order valence-corrected chi connectivity index (χ3v) is 4.61. The van der Waals surface area contributed by atoms with E-state index in [0.717, 1.165) is 10.9 Å². The van der Waals surface area contributed by atoms with Crippen LogP contribution < -0.4 is 10.9 Å². The van der Waals surface area contributed by atoms with Gasteiger partial charge in [0.2, 0.25) is 0 Å². The van der Waals surface area contributed by atoms with Gasteiger partial charge < -0.3 is 5.32 Å². The molecule has 0 fully saturated rings. The number of carbonyl (C=O) groups is 1. The first kappa shape index (κ1) is 21.4. The quantitative estimate of drug-likeness (QED) is 0.448. The Morgan fingerprint density at radius 3 is 2.22 bits per heavy atom. The molecule has 1 aromatic carbocycles. The number of amides is 1. The first-order valence-electron chi connectivity index (χ1n) is 8.97. The Morgan fingerprint density at radius 2 is 1.66 bits per heavy atom. The van der Waals surface area contributed by atoms with E-state index in [1.807, 2.05) is 0 Å². The normalized spacial score (nSPS) is 12.6. The second-order valence-corrected chi connectivity index (χ2v) is 6.69. The van der Waals surface area contributed by atoms with E-state index in [0.29, 0.717) is 23.4 Å².